The van der Waals surface area contributed by atoms with Gasteiger partial charge in [0.1, 0.15) is 0 Å². The molecule has 0 atom stereocenters. The van der Waals surface area contributed by atoms with Crippen molar-refractivity contribution >= 4 is 22.9 Å². The van der Waals surface area contributed by atoms with Crippen molar-refractivity contribution in [2.75, 3.05) is 0 Å². The summed E-state index contributed by atoms with van der Waals surface area (Å²) < 4.78 is 0. The van der Waals surface area contributed by atoms with Crippen molar-refractivity contribution in [1.29, 1.82) is 0 Å². The minimum atomic E-state index is 0. The highest BCUT2D eigenvalue weighted by atomic mass is 15.0. The first-order chi connectivity index (χ1) is 40.3. The van der Waals surface area contributed by atoms with Crippen LogP contribution in [0.3, 0.4) is 0 Å². The average Bonchev–Trinajstić information content (AvgIpc) is 3.58. The van der Waals surface area contributed by atoms with E-state index < -0.39 is 0 Å². The van der Waals surface area contributed by atoms with Crippen LogP contribution < -0.4 is 0 Å². The lowest BCUT2D eigenvalue weighted by Gasteiger charge is -2.14. The Kier molecular flexibility index (Phi) is 19.2. The molecule has 2 heterocycles. The molecule has 0 amide bonds. The first kappa shape index (κ1) is 56.3. The zero-order valence-corrected chi connectivity index (χ0v) is 47.1. The van der Waals surface area contributed by atoms with Gasteiger partial charge in [-0.1, -0.05) is 275 Å². The number of aryl methyl sites for hydroxylation is 1. The van der Waals surface area contributed by atoms with Crippen molar-refractivity contribution in [3.8, 4) is 101 Å². The van der Waals surface area contributed by atoms with Crippen molar-refractivity contribution in [2.45, 2.75) is 27.7 Å². The molecule has 0 N–H and O–H groups in total. The van der Waals surface area contributed by atoms with E-state index in [2.05, 4.69) is 190 Å². The Morgan fingerprint density at radius 1 is 0.354 bits per heavy atom. The van der Waals surface area contributed by atoms with Crippen molar-refractivity contribution in [1.82, 2.24) is 19.9 Å². The lowest BCUT2D eigenvalue weighted by molar-refractivity contribution is 1.07. The second-order valence-electron chi connectivity index (χ2n) is 19.4. The Balaban J connectivity index is 0.000000756. The molecule has 0 aliphatic heterocycles. The summed E-state index contributed by atoms with van der Waals surface area (Å²) in [4.78, 5) is 20.0. The molecule has 9 aromatic carbocycles. The Morgan fingerprint density at radius 3 is 1.26 bits per heavy atom. The first-order valence-electron chi connectivity index (χ1n) is 27.6. The number of allylic oxidation sites excluding steroid dienone is 9. The second-order valence-corrected chi connectivity index (χ2v) is 19.4. The van der Waals surface area contributed by atoms with E-state index >= 15 is 0 Å². The molecule has 0 unspecified atom stereocenters. The van der Waals surface area contributed by atoms with Gasteiger partial charge in [-0.15, -0.1) is 0 Å². The normalized spacial score (nSPS) is 11.1. The van der Waals surface area contributed by atoms with Crippen LogP contribution in [0.2, 0.25) is 0 Å². The van der Waals surface area contributed by atoms with Gasteiger partial charge < -0.3 is 0 Å². The van der Waals surface area contributed by atoms with Crippen LogP contribution in [-0.4, -0.2) is 19.9 Å². The predicted molar refractivity (Wildman–Crippen MR) is 355 cm³/mol. The monoisotopic (exact) mass is 1060 g/mol. The lowest BCUT2D eigenvalue weighted by atomic mass is 9.90. The summed E-state index contributed by atoms with van der Waals surface area (Å²) in [5, 5.41) is 2.46. The third-order valence-electron chi connectivity index (χ3n) is 13.9. The first-order valence-corrected chi connectivity index (χ1v) is 27.6. The average molecular weight is 1060 g/mol. The lowest BCUT2D eigenvalue weighted by Crippen LogP contribution is -2.00. The Labute approximate surface area is 486 Å². The van der Waals surface area contributed by atoms with Crippen molar-refractivity contribution in [3.63, 3.8) is 0 Å². The molecule has 0 radical (unpaired) electrons. The number of rotatable bonds is 14. The van der Waals surface area contributed by atoms with Crippen LogP contribution in [0.4, 0.5) is 0 Å². The van der Waals surface area contributed by atoms with E-state index in [1.807, 2.05) is 136 Å². The van der Waals surface area contributed by atoms with Crippen LogP contribution in [0.5, 0.6) is 0 Å². The van der Waals surface area contributed by atoms with Gasteiger partial charge in [-0.05, 0) is 141 Å². The number of pyridine rings is 1. The van der Waals surface area contributed by atoms with E-state index in [1.165, 1.54) is 44.2 Å². The highest BCUT2D eigenvalue weighted by Crippen LogP contribution is 2.38. The second kappa shape index (κ2) is 27.9. The fourth-order valence-corrected chi connectivity index (χ4v) is 9.71. The summed E-state index contributed by atoms with van der Waals surface area (Å²) in [6.45, 7) is 19.1. The third-order valence-corrected chi connectivity index (χ3v) is 13.9. The topological polar surface area (TPSA) is 51.6 Å². The van der Waals surface area contributed by atoms with Crippen LogP contribution >= 0.6 is 0 Å². The van der Waals surface area contributed by atoms with Gasteiger partial charge in [0, 0.05) is 29.9 Å². The SMILES string of the molecule is C=C/C=C\C.C=C/C=C\C.C=Cc1c(C)cc(-c2cccc(-c3ccc(-c4ccc(-c5cc(-c6ccc(-c7ccc(/C=C\C=C/C)cn7)cc6)cc(-c6nc(-c7ccccc7)nc(-c7ccccc7)n6)c5)cc4)cc3)c2)c2ccccc12.[HH]. The molecule has 0 bridgehead atoms. The molecule has 0 spiro atoms. The number of fused-ring (bicyclic) bond motifs is 1. The molecule has 0 aliphatic carbocycles. The minimum absolute atomic E-state index is 0. The maximum Gasteiger partial charge on any atom is 0.164 e. The molecule has 0 aliphatic rings. The quantitative estimate of drug-likeness (QED) is 0.102. The fourth-order valence-electron chi connectivity index (χ4n) is 9.71. The Bertz CT molecular complexity index is 4010. The fraction of sp³-hybridized carbons (Fsp3) is 0.0513. The molecule has 4 nitrogen and oxygen atoms in total. The smallest absolute Gasteiger partial charge is 0.164 e. The van der Waals surface area contributed by atoms with Gasteiger partial charge in [-0.25, -0.2) is 15.0 Å². The molecule has 11 aromatic rings. The van der Waals surface area contributed by atoms with Gasteiger partial charge >= 0.3 is 0 Å². The molecule has 0 saturated heterocycles. The molecule has 0 fully saturated rings. The minimum Gasteiger partial charge on any atom is -0.256 e. The summed E-state index contributed by atoms with van der Waals surface area (Å²) in [6.07, 6.45) is 23.1. The largest absolute Gasteiger partial charge is 0.256 e. The highest BCUT2D eigenvalue weighted by Gasteiger charge is 2.16. The molecule has 11 rings (SSSR count). The summed E-state index contributed by atoms with van der Waals surface area (Å²) in [7, 11) is 0. The van der Waals surface area contributed by atoms with Gasteiger partial charge in [0.2, 0.25) is 0 Å². The molecule has 0 saturated carbocycles. The van der Waals surface area contributed by atoms with Crippen LogP contribution in [-0.2, 0) is 0 Å². The van der Waals surface area contributed by atoms with E-state index in [1.54, 1.807) is 12.2 Å². The molecular formula is C78H68N4. The van der Waals surface area contributed by atoms with E-state index in [0.717, 1.165) is 66.9 Å². The zero-order chi connectivity index (χ0) is 57.0. The summed E-state index contributed by atoms with van der Waals surface area (Å²) in [5.74, 6) is 1.85. The van der Waals surface area contributed by atoms with Gasteiger partial charge in [0.05, 0.1) is 5.69 Å². The van der Waals surface area contributed by atoms with Crippen molar-refractivity contribution in [2.24, 2.45) is 0 Å². The van der Waals surface area contributed by atoms with Crippen LogP contribution in [0, 0.1) is 6.92 Å². The van der Waals surface area contributed by atoms with E-state index in [0.29, 0.717) is 17.5 Å². The number of benzene rings is 9. The van der Waals surface area contributed by atoms with E-state index in [-0.39, 0.29) is 1.43 Å². The van der Waals surface area contributed by atoms with E-state index in [4.69, 9.17) is 19.9 Å². The van der Waals surface area contributed by atoms with Crippen LogP contribution in [0.25, 0.3) is 124 Å². The van der Waals surface area contributed by atoms with E-state index in [9.17, 15) is 0 Å². The van der Waals surface area contributed by atoms with Crippen LogP contribution in [0.15, 0.2) is 299 Å². The maximum absolute atomic E-state index is 5.14. The standard InChI is InChI=1S/C68H50N4.2C5H8.H2/c1-4-6-9-17-47-26-39-65(69-45-47)53-37-35-52(36-38-53)59-42-58(43-60(44-59)68-71-66(54-18-10-7-11-19-54)70-67(72-68)55-20-12-8-13-21-55)51-33-29-49(30-34-51)48-27-31-50(32-28-48)56-22-16-23-57(41-56)64-40-46(3)61(5-2)62-24-14-15-25-63(62)64;2*1-3-5-4-2;/h4-45H,2H2,1,3H3;2*3-5H,1H2,2H3;1H/b6-4-,17-9-;2*5-4-;. The van der Waals surface area contributed by atoms with Crippen molar-refractivity contribution in [3.05, 3.63) is 316 Å². The molecule has 82 heavy (non-hydrogen) atoms. The Hall–Kier alpha value is -10.4. The molecular weight excluding hydrogens is 993 g/mol. The van der Waals surface area contributed by atoms with Gasteiger partial charge in [0.25, 0.3) is 0 Å². The molecule has 2 aromatic heterocycles. The van der Waals surface area contributed by atoms with Crippen molar-refractivity contribution < 1.29 is 1.43 Å². The number of hydrogen-bond donors (Lipinski definition) is 0. The highest BCUT2D eigenvalue weighted by molar-refractivity contribution is 6.02. The zero-order valence-electron chi connectivity index (χ0n) is 47.1. The third kappa shape index (κ3) is 13.9. The summed E-state index contributed by atoms with van der Waals surface area (Å²) in [6, 6.07) is 77.2. The van der Waals surface area contributed by atoms with Gasteiger partial charge in [-0.3, -0.25) is 4.98 Å². The summed E-state index contributed by atoms with van der Waals surface area (Å²) in [5.41, 5.74) is 19.5. The summed E-state index contributed by atoms with van der Waals surface area (Å²) >= 11 is 0. The predicted octanol–water partition coefficient (Wildman–Crippen LogP) is 21.7. The molecule has 400 valence electrons. The van der Waals surface area contributed by atoms with Crippen LogP contribution in [0.1, 0.15) is 38.9 Å². The number of nitrogens with zero attached hydrogens (tertiary/aromatic N) is 4. The van der Waals surface area contributed by atoms with Gasteiger partial charge in [0.15, 0.2) is 17.5 Å². The van der Waals surface area contributed by atoms with Gasteiger partial charge in [-0.2, -0.15) is 0 Å². The number of hydrogen-bond acceptors (Lipinski definition) is 4. The number of aromatic nitrogens is 4. The maximum atomic E-state index is 5.14. The Morgan fingerprint density at radius 2 is 0.780 bits per heavy atom. The molecule has 4 heteroatoms.